The van der Waals surface area contributed by atoms with Gasteiger partial charge in [-0.15, -0.1) is 11.3 Å². The lowest BCUT2D eigenvalue weighted by Crippen LogP contribution is -2.20. The maximum absolute atomic E-state index is 12.1. The van der Waals surface area contributed by atoms with Crippen molar-refractivity contribution in [3.63, 3.8) is 0 Å². The molecule has 1 aliphatic carbocycles. The Bertz CT molecular complexity index is 771. The van der Waals surface area contributed by atoms with Crippen LogP contribution in [-0.2, 0) is 22.4 Å². The van der Waals surface area contributed by atoms with E-state index in [1.165, 1.54) is 21.8 Å². The zero-order valence-electron chi connectivity index (χ0n) is 13.3. The molecule has 1 aliphatic rings. The van der Waals surface area contributed by atoms with Gasteiger partial charge in [0, 0.05) is 15.6 Å². The number of anilines is 1. The molecule has 3 rings (SSSR count). The Balaban J connectivity index is 1.55. The third kappa shape index (κ3) is 4.16. The van der Waals surface area contributed by atoms with Crippen molar-refractivity contribution in [3.8, 4) is 0 Å². The number of hydrogen-bond acceptors (Lipinski definition) is 4. The normalized spacial score (nSPS) is 16.3. The summed E-state index contributed by atoms with van der Waals surface area (Å²) in [6, 6.07) is 8.72. The van der Waals surface area contributed by atoms with Gasteiger partial charge in [-0.2, -0.15) is 0 Å². The van der Waals surface area contributed by atoms with Crippen LogP contribution >= 0.6 is 22.9 Å². The molecular formula is C18H18ClNO3S. The molecule has 4 nitrogen and oxygen atoms in total. The number of fused-ring (bicyclic) bond motifs is 1. The first kappa shape index (κ1) is 17.0. The Morgan fingerprint density at radius 1 is 1.38 bits per heavy atom. The Hall–Kier alpha value is -1.85. The van der Waals surface area contributed by atoms with Crippen molar-refractivity contribution in [2.75, 3.05) is 11.9 Å². The number of esters is 1. The maximum Gasteiger partial charge on any atom is 0.348 e. The van der Waals surface area contributed by atoms with E-state index in [9.17, 15) is 9.59 Å². The second-order valence-corrected chi connectivity index (χ2v) is 7.61. The second-order valence-electron chi connectivity index (χ2n) is 6.04. The molecule has 1 aromatic heterocycles. The molecule has 0 fully saturated rings. The van der Waals surface area contributed by atoms with Gasteiger partial charge in [0.2, 0.25) is 0 Å². The van der Waals surface area contributed by atoms with E-state index in [0.29, 0.717) is 21.5 Å². The molecule has 0 spiro atoms. The summed E-state index contributed by atoms with van der Waals surface area (Å²) >= 11 is 7.34. The molecule has 1 amide bonds. The molecule has 2 aromatic rings. The van der Waals surface area contributed by atoms with Gasteiger partial charge in [-0.1, -0.05) is 24.6 Å². The van der Waals surface area contributed by atoms with Gasteiger partial charge in [-0.25, -0.2) is 4.79 Å². The molecule has 24 heavy (non-hydrogen) atoms. The number of nitrogens with one attached hydrogen (secondary N) is 1. The molecule has 6 heteroatoms. The summed E-state index contributed by atoms with van der Waals surface area (Å²) in [6.07, 6.45) is 3.18. The molecule has 1 aromatic carbocycles. The Morgan fingerprint density at radius 3 is 3.00 bits per heavy atom. The minimum absolute atomic E-state index is 0.315. The van der Waals surface area contributed by atoms with E-state index < -0.39 is 5.97 Å². The highest BCUT2D eigenvalue weighted by molar-refractivity contribution is 7.14. The van der Waals surface area contributed by atoms with E-state index in [0.717, 1.165) is 19.3 Å². The fraction of sp³-hybridized carbons (Fsp3) is 0.333. The Labute approximate surface area is 149 Å². The van der Waals surface area contributed by atoms with E-state index in [4.69, 9.17) is 16.3 Å². The van der Waals surface area contributed by atoms with Gasteiger partial charge >= 0.3 is 5.97 Å². The van der Waals surface area contributed by atoms with E-state index in [-0.39, 0.29) is 12.5 Å². The monoisotopic (exact) mass is 363 g/mol. The lowest BCUT2D eigenvalue weighted by molar-refractivity contribution is -0.119. The quantitative estimate of drug-likeness (QED) is 0.823. The minimum Gasteiger partial charge on any atom is -0.451 e. The summed E-state index contributed by atoms with van der Waals surface area (Å²) in [5, 5.41) is 3.18. The number of rotatable bonds is 4. The van der Waals surface area contributed by atoms with E-state index in [1.54, 1.807) is 24.3 Å². The number of carbonyl (C=O) groups excluding carboxylic acids is 2. The highest BCUT2D eigenvalue weighted by Crippen LogP contribution is 2.32. The molecule has 0 unspecified atom stereocenters. The average Bonchev–Trinajstić information content (AvgIpc) is 2.95. The first-order valence-electron chi connectivity index (χ1n) is 7.85. The fourth-order valence-electron chi connectivity index (χ4n) is 2.77. The number of hydrogen-bond donors (Lipinski definition) is 1. The molecular weight excluding hydrogens is 346 g/mol. The van der Waals surface area contributed by atoms with Crippen LogP contribution in [0.15, 0.2) is 30.3 Å². The molecule has 0 aliphatic heterocycles. The predicted octanol–water partition coefficient (Wildman–Crippen LogP) is 4.32. The van der Waals surface area contributed by atoms with Crippen LogP contribution in [0.1, 0.15) is 33.5 Å². The number of ether oxygens (including phenoxy) is 1. The van der Waals surface area contributed by atoms with Crippen molar-refractivity contribution < 1.29 is 14.3 Å². The molecule has 1 heterocycles. The van der Waals surface area contributed by atoms with Crippen LogP contribution in [0.4, 0.5) is 5.69 Å². The van der Waals surface area contributed by atoms with Crippen LogP contribution in [0.2, 0.25) is 5.02 Å². The summed E-state index contributed by atoms with van der Waals surface area (Å²) in [5.74, 6) is -0.177. The highest BCUT2D eigenvalue weighted by Gasteiger charge is 2.21. The van der Waals surface area contributed by atoms with Crippen LogP contribution in [0, 0.1) is 5.92 Å². The van der Waals surface area contributed by atoms with Gasteiger partial charge in [0.25, 0.3) is 5.91 Å². The van der Waals surface area contributed by atoms with E-state index in [1.807, 2.05) is 6.07 Å². The van der Waals surface area contributed by atoms with Gasteiger partial charge < -0.3 is 10.1 Å². The third-order valence-electron chi connectivity index (χ3n) is 3.97. The number of benzene rings is 1. The molecule has 1 N–H and O–H groups in total. The van der Waals surface area contributed by atoms with Crippen molar-refractivity contribution >= 4 is 40.5 Å². The number of thiophene rings is 1. The smallest absolute Gasteiger partial charge is 0.348 e. The molecule has 1 atom stereocenters. The number of carbonyl (C=O) groups is 2. The largest absolute Gasteiger partial charge is 0.451 e. The molecule has 0 radical (unpaired) electrons. The Morgan fingerprint density at radius 2 is 2.21 bits per heavy atom. The molecule has 126 valence electrons. The number of halogens is 1. The Kier molecular flexibility index (Phi) is 5.21. The summed E-state index contributed by atoms with van der Waals surface area (Å²) < 4.78 is 5.12. The first-order valence-corrected chi connectivity index (χ1v) is 9.05. The molecule has 0 saturated heterocycles. The lowest BCUT2D eigenvalue weighted by atomic mass is 9.90. The summed E-state index contributed by atoms with van der Waals surface area (Å²) in [4.78, 5) is 25.9. The van der Waals surface area contributed by atoms with Crippen LogP contribution in [0.3, 0.4) is 0 Å². The summed E-state index contributed by atoms with van der Waals surface area (Å²) in [7, 11) is 0. The third-order valence-corrected chi connectivity index (χ3v) is 5.43. The lowest BCUT2D eigenvalue weighted by Gasteiger charge is -2.16. The number of aryl methyl sites for hydroxylation is 1. The van der Waals surface area contributed by atoms with Crippen molar-refractivity contribution in [2.45, 2.75) is 26.2 Å². The highest BCUT2D eigenvalue weighted by atomic mass is 35.5. The van der Waals surface area contributed by atoms with Crippen LogP contribution in [-0.4, -0.2) is 18.5 Å². The topological polar surface area (TPSA) is 55.4 Å². The minimum atomic E-state index is -0.441. The van der Waals surface area contributed by atoms with Crippen molar-refractivity contribution in [1.82, 2.24) is 0 Å². The van der Waals surface area contributed by atoms with Crippen LogP contribution < -0.4 is 5.32 Å². The van der Waals surface area contributed by atoms with Gasteiger partial charge in [-0.05, 0) is 55.0 Å². The summed E-state index contributed by atoms with van der Waals surface area (Å²) in [6.45, 7) is 1.91. The predicted molar refractivity (Wildman–Crippen MR) is 95.9 cm³/mol. The van der Waals surface area contributed by atoms with Crippen LogP contribution in [0.5, 0.6) is 0 Å². The summed E-state index contributed by atoms with van der Waals surface area (Å²) in [5.41, 5.74) is 1.82. The van der Waals surface area contributed by atoms with Gasteiger partial charge in [0.15, 0.2) is 6.61 Å². The van der Waals surface area contributed by atoms with Gasteiger partial charge in [0.05, 0.1) is 0 Å². The fourth-order valence-corrected chi connectivity index (χ4v) is 4.06. The van der Waals surface area contributed by atoms with Crippen molar-refractivity contribution in [2.24, 2.45) is 5.92 Å². The van der Waals surface area contributed by atoms with E-state index >= 15 is 0 Å². The molecule has 0 saturated carbocycles. The average molecular weight is 364 g/mol. The van der Waals surface area contributed by atoms with Gasteiger partial charge in [0.1, 0.15) is 4.88 Å². The first-order chi connectivity index (χ1) is 11.5. The molecule has 0 bridgehead atoms. The van der Waals surface area contributed by atoms with Crippen molar-refractivity contribution in [1.29, 1.82) is 0 Å². The van der Waals surface area contributed by atoms with E-state index in [2.05, 4.69) is 12.2 Å². The van der Waals surface area contributed by atoms with Gasteiger partial charge in [-0.3, -0.25) is 4.79 Å². The number of amides is 1. The SMILES string of the molecule is C[C@@H]1CCc2sc(C(=O)OCC(=O)Nc3cccc(Cl)c3)cc2C1. The second kappa shape index (κ2) is 7.36. The van der Waals surface area contributed by atoms with Crippen molar-refractivity contribution in [3.05, 3.63) is 50.7 Å². The standard InChI is InChI=1S/C18H18ClNO3S/c1-11-5-6-15-12(7-11)8-16(24-15)18(22)23-10-17(21)20-14-4-2-3-13(19)9-14/h2-4,8-9,11H,5-7,10H2,1H3,(H,20,21)/t11-/m1/s1. The zero-order chi connectivity index (χ0) is 17.1. The maximum atomic E-state index is 12.1. The zero-order valence-corrected chi connectivity index (χ0v) is 14.9. The van der Waals surface area contributed by atoms with Crippen LogP contribution in [0.25, 0.3) is 0 Å².